The number of hydrogen-bond donors (Lipinski definition) is 0. The van der Waals surface area contributed by atoms with Crippen molar-refractivity contribution in [3.63, 3.8) is 0 Å². The van der Waals surface area contributed by atoms with Crippen molar-refractivity contribution in [2.75, 3.05) is 18.9 Å². The highest BCUT2D eigenvalue weighted by Crippen LogP contribution is 2.10. The lowest BCUT2D eigenvalue weighted by atomic mass is 10.3. The Labute approximate surface area is 101 Å². The molecule has 0 N–H and O–H groups in total. The summed E-state index contributed by atoms with van der Waals surface area (Å²) in [7, 11) is 2.11. The molecule has 0 saturated carbocycles. The summed E-state index contributed by atoms with van der Waals surface area (Å²) in [6.45, 7) is 6.35. The standard InChI is InChI=1S/C11H20BrN3/c1-4-10(2)15-7-5-11(13-15)9-14(3)8-6-12/h5,7,10H,4,6,8-9H2,1-3H3. The van der Waals surface area contributed by atoms with E-state index < -0.39 is 0 Å². The van der Waals surface area contributed by atoms with Crippen molar-refractivity contribution in [1.29, 1.82) is 0 Å². The molecule has 0 saturated heterocycles. The second kappa shape index (κ2) is 6.28. The third-order valence-electron chi connectivity index (χ3n) is 2.60. The van der Waals surface area contributed by atoms with E-state index in [1.807, 2.05) is 0 Å². The van der Waals surface area contributed by atoms with Crippen LogP contribution in [0.5, 0.6) is 0 Å². The molecule has 0 aliphatic rings. The van der Waals surface area contributed by atoms with Crippen LogP contribution in [0.15, 0.2) is 12.3 Å². The lowest BCUT2D eigenvalue weighted by Gasteiger charge is -2.13. The van der Waals surface area contributed by atoms with Gasteiger partial charge in [0.1, 0.15) is 0 Å². The van der Waals surface area contributed by atoms with E-state index in [1.165, 1.54) is 0 Å². The Bertz CT molecular complexity index is 285. The molecule has 86 valence electrons. The van der Waals surface area contributed by atoms with Gasteiger partial charge in [0.05, 0.1) is 5.69 Å². The topological polar surface area (TPSA) is 21.1 Å². The van der Waals surface area contributed by atoms with Gasteiger partial charge in [-0.15, -0.1) is 0 Å². The largest absolute Gasteiger partial charge is 0.300 e. The fraction of sp³-hybridized carbons (Fsp3) is 0.727. The zero-order valence-electron chi connectivity index (χ0n) is 9.78. The molecule has 0 fully saturated rings. The normalized spacial score (nSPS) is 13.4. The first-order chi connectivity index (χ1) is 7.17. The summed E-state index contributed by atoms with van der Waals surface area (Å²) in [4.78, 5) is 2.26. The molecule has 0 amide bonds. The van der Waals surface area contributed by atoms with Gasteiger partial charge >= 0.3 is 0 Å². The van der Waals surface area contributed by atoms with Crippen molar-refractivity contribution in [3.8, 4) is 0 Å². The summed E-state index contributed by atoms with van der Waals surface area (Å²) in [5, 5.41) is 5.57. The molecule has 1 atom stereocenters. The third kappa shape index (κ3) is 3.95. The van der Waals surface area contributed by atoms with Gasteiger partial charge in [-0.1, -0.05) is 22.9 Å². The van der Waals surface area contributed by atoms with Crippen molar-refractivity contribution in [3.05, 3.63) is 18.0 Å². The molecule has 0 aliphatic carbocycles. The Morgan fingerprint density at radius 2 is 2.33 bits per heavy atom. The summed E-state index contributed by atoms with van der Waals surface area (Å²) in [6.07, 6.45) is 3.20. The van der Waals surface area contributed by atoms with E-state index in [4.69, 9.17) is 0 Å². The van der Waals surface area contributed by atoms with Gasteiger partial charge in [-0.05, 0) is 26.5 Å². The van der Waals surface area contributed by atoms with E-state index in [0.29, 0.717) is 6.04 Å². The lowest BCUT2D eigenvalue weighted by molar-refractivity contribution is 0.341. The van der Waals surface area contributed by atoms with E-state index in [2.05, 4.69) is 63.8 Å². The summed E-state index contributed by atoms with van der Waals surface area (Å²) in [5.41, 5.74) is 1.15. The van der Waals surface area contributed by atoms with Crippen LogP contribution in [0.2, 0.25) is 0 Å². The predicted octanol–water partition coefficient (Wildman–Crippen LogP) is 2.68. The lowest BCUT2D eigenvalue weighted by Crippen LogP contribution is -2.20. The van der Waals surface area contributed by atoms with Gasteiger partial charge in [0.15, 0.2) is 0 Å². The minimum atomic E-state index is 0.500. The van der Waals surface area contributed by atoms with Gasteiger partial charge in [-0.3, -0.25) is 9.58 Å². The maximum absolute atomic E-state index is 4.56. The second-order valence-electron chi connectivity index (χ2n) is 3.97. The van der Waals surface area contributed by atoms with Crippen LogP contribution < -0.4 is 0 Å². The fourth-order valence-corrected chi connectivity index (χ4v) is 2.00. The first-order valence-electron chi connectivity index (χ1n) is 5.46. The van der Waals surface area contributed by atoms with Gasteiger partial charge in [-0.25, -0.2) is 0 Å². The van der Waals surface area contributed by atoms with Gasteiger partial charge < -0.3 is 0 Å². The Kier molecular flexibility index (Phi) is 5.32. The van der Waals surface area contributed by atoms with Gasteiger partial charge in [-0.2, -0.15) is 5.10 Å². The highest BCUT2D eigenvalue weighted by Gasteiger charge is 2.06. The molecule has 3 nitrogen and oxygen atoms in total. The van der Waals surface area contributed by atoms with Crippen LogP contribution >= 0.6 is 15.9 Å². The van der Waals surface area contributed by atoms with Crippen LogP contribution in [0.25, 0.3) is 0 Å². The van der Waals surface area contributed by atoms with E-state index >= 15 is 0 Å². The van der Waals surface area contributed by atoms with Crippen molar-refractivity contribution >= 4 is 15.9 Å². The van der Waals surface area contributed by atoms with Crippen molar-refractivity contribution in [2.45, 2.75) is 32.9 Å². The van der Waals surface area contributed by atoms with Gasteiger partial charge in [0, 0.05) is 30.7 Å². The van der Waals surface area contributed by atoms with Crippen LogP contribution in [0.4, 0.5) is 0 Å². The summed E-state index contributed by atoms with van der Waals surface area (Å²) >= 11 is 3.44. The molecule has 1 aromatic rings. The number of halogens is 1. The van der Waals surface area contributed by atoms with Gasteiger partial charge in [0.2, 0.25) is 0 Å². The molecule has 0 aliphatic heterocycles. The quantitative estimate of drug-likeness (QED) is 0.744. The van der Waals surface area contributed by atoms with E-state index in [-0.39, 0.29) is 0 Å². The van der Waals surface area contributed by atoms with E-state index in [1.54, 1.807) is 0 Å². The van der Waals surface area contributed by atoms with E-state index in [0.717, 1.165) is 30.5 Å². The Morgan fingerprint density at radius 3 is 2.93 bits per heavy atom. The van der Waals surface area contributed by atoms with Crippen LogP contribution in [-0.2, 0) is 6.54 Å². The van der Waals surface area contributed by atoms with Crippen molar-refractivity contribution in [1.82, 2.24) is 14.7 Å². The first kappa shape index (κ1) is 12.7. The molecule has 0 spiro atoms. The van der Waals surface area contributed by atoms with Crippen molar-refractivity contribution < 1.29 is 0 Å². The maximum atomic E-state index is 4.56. The first-order valence-corrected chi connectivity index (χ1v) is 6.58. The Balaban J connectivity index is 2.52. The minimum Gasteiger partial charge on any atom is -0.300 e. The smallest absolute Gasteiger partial charge is 0.0764 e. The number of alkyl halides is 1. The minimum absolute atomic E-state index is 0.500. The SMILES string of the molecule is CCC(C)n1ccc(CN(C)CCBr)n1. The number of aromatic nitrogens is 2. The summed E-state index contributed by atoms with van der Waals surface area (Å²) < 4.78 is 2.05. The Hall–Kier alpha value is -0.350. The molecular weight excluding hydrogens is 254 g/mol. The number of hydrogen-bond acceptors (Lipinski definition) is 2. The molecule has 0 aromatic carbocycles. The molecule has 15 heavy (non-hydrogen) atoms. The van der Waals surface area contributed by atoms with Crippen LogP contribution in [0, 0.1) is 0 Å². The molecular formula is C11H20BrN3. The Morgan fingerprint density at radius 1 is 1.60 bits per heavy atom. The monoisotopic (exact) mass is 273 g/mol. The molecule has 1 aromatic heterocycles. The van der Waals surface area contributed by atoms with Crippen LogP contribution in [0.1, 0.15) is 32.0 Å². The average Bonchev–Trinajstić information content (AvgIpc) is 2.65. The average molecular weight is 274 g/mol. The highest BCUT2D eigenvalue weighted by atomic mass is 79.9. The predicted molar refractivity (Wildman–Crippen MR) is 67.4 cm³/mol. The zero-order valence-corrected chi connectivity index (χ0v) is 11.4. The molecule has 0 bridgehead atoms. The summed E-state index contributed by atoms with van der Waals surface area (Å²) in [6, 6.07) is 2.61. The molecule has 1 rings (SSSR count). The molecule has 4 heteroatoms. The number of rotatable bonds is 6. The molecule has 1 unspecified atom stereocenters. The fourth-order valence-electron chi connectivity index (χ4n) is 1.39. The van der Waals surface area contributed by atoms with Crippen LogP contribution in [0.3, 0.4) is 0 Å². The maximum Gasteiger partial charge on any atom is 0.0764 e. The highest BCUT2D eigenvalue weighted by molar-refractivity contribution is 9.09. The molecule has 0 radical (unpaired) electrons. The summed E-state index contributed by atoms with van der Waals surface area (Å²) in [5.74, 6) is 0. The zero-order chi connectivity index (χ0) is 11.3. The van der Waals surface area contributed by atoms with Gasteiger partial charge in [0.25, 0.3) is 0 Å². The second-order valence-corrected chi connectivity index (χ2v) is 4.76. The van der Waals surface area contributed by atoms with E-state index in [9.17, 15) is 0 Å². The van der Waals surface area contributed by atoms with Crippen molar-refractivity contribution in [2.24, 2.45) is 0 Å². The third-order valence-corrected chi connectivity index (χ3v) is 2.96. The molecule has 1 heterocycles. The number of nitrogens with zero attached hydrogens (tertiary/aromatic N) is 3. The van der Waals surface area contributed by atoms with Crippen LogP contribution in [-0.4, -0.2) is 33.6 Å².